The second-order valence-corrected chi connectivity index (χ2v) is 5.02. The minimum absolute atomic E-state index is 0.000463. The maximum atomic E-state index is 12.6. The van der Waals surface area contributed by atoms with E-state index in [1.54, 1.807) is 6.92 Å². The molecule has 0 amide bonds. The van der Waals surface area contributed by atoms with E-state index in [2.05, 4.69) is 0 Å². The molecule has 2 rings (SSSR count). The van der Waals surface area contributed by atoms with Crippen molar-refractivity contribution in [2.24, 2.45) is 0 Å². The highest BCUT2D eigenvalue weighted by atomic mass is 16.5. The molecular formula is C19H24O3. The first-order valence-electron chi connectivity index (χ1n) is 7.50. The van der Waals surface area contributed by atoms with Gasteiger partial charge in [0, 0.05) is 12.2 Å². The van der Waals surface area contributed by atoms with Gasteiger partial charge < -0.3 is 9.84 Å². The Kier molecular flexibility index (Phi) is 8.11. The normalized spacial score (nSPS) is 11.5. The Bertz CT molecular complexity index is 535. The topological polar surface area (TPSA) is 46.5 Å². The Labute approximate surface area is 132 Å². The van der Waals surface area contributed by atoms with Gasteiger partial charge in [0.15, 0.2) is 5.78 Å². The lowest BCUT2D eigenvalue weighted by atomic mass is 9.99. The molecule has 0 spiro atoms. The molecule has 2 aromatic carbocycles. The summed E-state index contributed by atoms with van der Waals surface area (Å²) in [6, 6.07) is 18.9. The van der Waals surface area contributed by atoms with Crippen LogP contribution in [0.5, 0.6) is 0 Å². The summed E-state index contributed by atoms with van der Waals surface area (Å²) < 4.78 is 5.80. The molecule has 3 nitrogen and oxygen atoms in total. The van der Waals surface area contributed by atoms with Gasteiger partial charge in [0.25, 0.3) is 0 Å². The lowest BCUT2D eigenvalue weighted by molar-refractivity contribution is 0.0114. The third kappa shape index (κ3) is 5.80. The zero-order valence-electron chi connectivity index (χ0n) is 13.4. The van der Waals surface area contributed by atoms with Gasteiger partial charge >= 0.3 is 0 Å². The second kappa shape index (κ2) is 9.87. The monoisotopic (exact) mass is 300 g/mol. The van der Waals surface area contributed by atoms with Gasteiger partial charge in [-0.15, -0.1) is 0 Å². The minimum atomic E-state index is -0.538. The zero-order valence-corrected chi connectivity index (χ0v) is 13.4. The highest BCUT2D eigenvalue weighted by Crippen LogP contribution is 2.23. The van der Waals surface area contributed by atoms with E-state index >= 15 is 0 Å². The molecular weight excluding hydrogens is 276 g/mol. The molecule has 0 aliphatic carbocycles. The number of Topliss-reactive ketones (excluding diaryl/α,β-unsaturated/α-hetero) is 1. The van der Waals surface area contributed by atoms with E-state index in [-0.39, 0.29) is 18.5 Å². The number of ketones is 1. The fraction of sp³-hybridized carbons (Fsp3) is 0.316. The van der Waals surface area contributed by atoms with Crippen LogP contribution in [-0.4, -0.2) is 23.6 Å². The van der Waals surface area contributed by atoms with E-state index in [1.165, 1.54) is 0 Å². The average molecular weight is 300 g/mol. The van der Waals surface area contributed by atoms with Crippen LogP contribution in [0.1, 0.15) is 42.8 Å². The van der Waals surface area contributed by atoms with Crippen molar-refractivity contribution in [2.45, 2.75) is 33.0 Å². The molecule has 0 aliphatic rings. The summed E-state index contributed by atoms with van der Waals surface area (Å²) in [6.07, 6.45) is -0.540. The predicted octanol–water partition coefficient (Wildman–Crippen LogP) is 4.03. The molecule has 0 radical (unpaired) electrons. The highest BCUT2D eigenvalue weighted by Gasteiger charge is 2.23. The van der Waals surface area contributed by atoms with E-state index in [4.69, 9.17) is 9.84 Å². The van der Waals surface area contributed by atoms with Crippen LogP contribution in [0, 0.1) is 0 Å². The van der Waals surface area contributed by atoms with Crippen molar-refractivity contribution in [1.29, 1.82) is 0 Å². The van der Waals surface area contributed by atoms with Crippen molar-refractivity contribution < 1.29 is 14.6 Å². The molecule has 0 fully saturated rings. The smallest absolute Gasteiger partial charge is 0.196 e. The Morgan fingerprint density at radius 1 is 1.00 bits per heavy atom. The van der Waals surface area contributed by atoms with Gasteiger partial charge in [-0.25, -0.2) is 0 Å². The standard InChI is InChI=1S/C17H18O2.C2H6O/c1-13(2)19-17(15-11-7-4-8-12-15)16(18)14-9-5-3-6-10-14;1-2-3/h3-13,17H,1-2H3;3H,2H2,1H3. The molecule has 1 atom stereocenters. The van der Waals surface area contributed by atoms with Crippen LogP contribution < -0.4 is 0 Å². The van der Waals surface area contributed by atoms with Gasteiger partial charge in [-0.05, 0) is 26.3 Å². The maximum Gasteiger partial charge on any atom is 0.196 e. The molecule has 118 valence electrons. The first-order chi connectivity index (χ1) is 10.6. The van der Waals surface area contributed by atoms with Gasteiger partial charge in [-0.2, -0.15) is 0 Å². The number of benzene rings is 2. The highest BCUT2D eigenvalue weighted by molar-refractivity contribution is 6.00. The van der Waals surface area contributed by atoms with Gasteiger partial charge in [-0.3, -0.25) is 4.79 Å². The van der Waals surface area contributed by atoms with E-state index in [9.17, 15) is 4.79 Å². The Hall–Kier alpha value is -1.97. The van der Waals surface area contributed by atoms with Gasteiger partial charge in [-0.1, -0.05) is 60.7 Å². The molecule has 0 bridgehead atoms. The summed E-state index contributed by atoms with van der Waals surface area (Å²) in [5, 5.41) is 7.57. The van der Waals surface area contributed by atoms with Crippen molar-refractivity contribution in [3.63, 3.8) is 0 Å². The summed E-state index contributed by atoms with van der Waals surface area (Å²) >= 11 is 0. The quantitative estimate of drug-likeness (QED) is 0.848. The number of aliphatic hydroxyl groups excluding tert-OH is 1. The van der Waals surface area contributed by atoms with E-state index in [0.717, 1.165) is 5.56 Å². The Balaban J connectivity index is 0.000000745. The molecule has 0 saturated heterocycles. The minimum Gasteiger partial charge on any atom is -0.397 e. The van der Waals surface area contributed by atoms with Gasteiger partial charge in [0.05, 0.1) is 6.10 Å². The molecule has 1 N–H and O–H groups in total. The van der Waals surface area contributed by atoms with Crippen LogP contribution in [0.25, 0.3) is 0 Å². The van der Waals surface area contributed by atoms with Gasteiger partial charge in [0.2, 0.25) is 0 Å². The number of rotatable bonds is 5. The van der Waals surface area contributed by atoms with Crippen LogP contribution in [0.2, 0.25) is 0 Å². The van der Waals surface area contributed by atoms with Crippen molar-refractivity contribution in [1.82, 2.24) is 0 Å². The third-order valence-corrected chi connectivity index (χ3v) is 2.81. The molecule has 0 heterocycles. The average Bonchev–Trinajstić information content (AvgIpc) is 2.54. The van der Waals surface area contributed by atoms with Crippen LogP contribution in [0.4, 0.5) is 0 Å². The lowest BCUT2D eigenvalue weighted by Crippen LogP contribution is -2.19. The molecule has 0 aliphatic heterocycles. The number of carbonyl (C=O) groups excluding carboxylic acids is 1. The summed E-state index contributed by atoms with van der Waals surface area (Å²) in [4.78, 5) is 12.6. The first-order valence-corrected chi connectivity index (χ1v) is 7.50. The first kappa shape index (κ1) is 18.1. The fourth-order valence-corrected chi connectivity index (χ4v) is 1.95. The second-order valence-electron chi connectivity index (χ2n) is 5.02. The molecule has 0 saturated carbocycles. The number of ether oxygens (including phenoxy) is 1. The summed E-state index contributed by atoms with van der Waals surface area (Å²) in [7, 11) is 0. The molecule has 1 unspecified atom stereocenters. The Morgan fingerprint density at radius 2 is 1.45 bits per heavy atom. The predicted molar refractivity (Wildman–Crippen MR) is 88.9 cm³/mol. The fourth-order valence-electron chi connectivity index (χ4n) is 1.95. The number of hydrogen-bond acceptors (Lipinski definition) is 3. The summed E-state index contributed by atoms with van der Waals surface area (Å²) in [5.74, 6) is 0.000463. The van der Waals surface area contributed by atoms with Crippen LogP contribution in [0.3, 0.4) is 0 Å². The zero-order chi connectivity index (χ0) is 16.4. The van der Waals surface area contributed by atoms with Crippen molar-refractivity contribution in [3.8, 4) is 0 Å². The van der Waals surface area contributed by atoms with E-state index in [0.29, 0.717) is 5.56 Å². The number of hydrogen-bond donors (Lipinski definition) is 1. The number of carbonyl (C=O) groups is 1. The summed E-state index contributed by atoms with van der Waals surface area (Å²) in [5.41, 5.74) is 1.57. The number of aliphatic hydroxyl groups is 1. The molecule has 0 aromatic heterocycles. The molecule has 3 heteroatoms. The van der Waals surface area contributed by atoms with Crippen LogP contribution in [-0.2, 0) is 4.74 Å². The molecule has 22 heavy (non-hydrogen) atoms. The third-order valence-electron chi connectivity index (χ3n) is 2.81. The van der Waals surface area contributed by atoms with E-state index < -0.39 is 6.10 Å². The van der Waals surface area contributed by atoms with Gasteiger partial charge in [0.1, 0.15) is 6.10 Å². The van der Waals surface area contributed by atoms with Crippen LogP contribution in [0.15, 0.2) is 60.7 Å². The van der Waals surface area contributed by atoms with Crippen LogP contribution >= 0.6 is 0 Å². The largest absolute Gasteiger partial charge is 0.397 e. The Morgan fingerprint density at radius 3 is 1.91 bits per heavy atom. The molecule has 2 aromatic rings. The van der Waals surface area contributed by atoms with Crippen molar-refractivity contribution >= 4 is 5.78 Å². The summed E-state index contributed by atoms with van der Waals surface area (Å²) in [6.45, 7) is 5.81. The van der Waals surface area contributed by atoms with E-state index in [1.807, 2.05) is 74.5 Å². The lowest BCUT2D eigenvalue weighted by Gasteiger charge is -2.19. The van der Waals surface area contributed by atoms with Crippen molar-refractivity contribution in [2.75, 3.05) is 6.61 Å². The van der Waals surface area contributed by atoms with Crippen molar-refractivity contribution in [3.05, 3.63) is 71.8 Å². The SMILES string of the molecule is CC(C)OC(C(=O)c1ccccc1)c1ccccc1.CCO. The maximum absolute atomic E-state index is 12.6.